The fraction of sp³-hybridized carbons (Fsp3) is 0.682. The van der Waals surface area contributed by atoms with Crippen LogP contribution in [0.3, 0.4) is 0 Å². The van der Waals surface area contributed by atoms with Crippen molar-refractivity contribution in [1.29, 1.82) is 0 Å². The Morgan fingerprint density at radius 3 is 2.16 bits per heavy atom. The summed E-state index contributed by atoms with van der Waals surface area (Å²) < 4.78 is 63.3. The normalized spacial score (nSPS) is 20.8. The Kier molecular flexibility index (Phi) is 6.28. The monoisotopic (exact) mass is 457 g/mol. The van der Waals surface area contributed by atoms with E-state index in [-0.39, 0.29) is 23.7 Å². The number of hydrogen-bond acceptors (Lipinski definition) is 5. The predicted molar refractivity (Wildman–Crippen MR) is 114 cm³/mol. The summed E-state index contributed by atoms with van der Waals surface area (Å²) in [4.78, 5) is 13.6. The van der Waals surface area contributed by atoms with Gasteiger partial charge < -0.3 is 23.7 Å². The van der Waals surface area contributed by atoms with E-state index in [2.05, 4.69) is 0 Å². The number of halogens is 3. The third-order valence-corrected chi connectivity index (χ3v) is 5.88. The van der Waals surface area contributed by atoms with Crippen LogP contribution in [0, 0.1) is 5.92 Å². The Labute approximate surface area is 187 Å². The van der Waals surface area contributed by atoms with Crippen LogP contribution in [0.2, 0.25) is 0 Å². The van der Waals surface area contributed by atoms with Gasteiger partial charge in [0.1, 0.15) is 11.4 Å². The molecule has 0 spiro atoms. The zero-order valence-electron chi connectivity index (χ0n) is 19.6. The van der Waals surface area contributed by atoms with Crippen LogP contribution in [0.5, 0.6) is 5.75 Å². The number of rotatable bonds is 4. The molecule has 0 atom stereocenters. The molecule has 2 fully saturated rings. The van der Waals surface area contributed by atoms with E-state index in [1.54, 1.807) is 25.7 Å². The van der Waals surface area contributed by atoms with Crippen molar-refractivity contribution in [3.8, 4) is 5.75 Å². The Bertz CT molecular complexity index is 844. The summed E-state index contributed by atoms with van der Waals surface area (Å²) in [6, 6.07) is 3.52. The summed E-state index contributed by atoms with van der Waals surface area (Å²) in [5, 5.41) is 0. The largest absolute Gasteiger partial charge is 0.494 e. The first kappa shape index (κ1) is 24.7. The minimum absolute atomic E-state index is 0.0114. The lowest BCUT2D eigenvalue weighted by Crippen LogP contribution is -2.53. The van der Waals surface area contributed by atoms with Crippen LogP contribution < -0.4 is 10.2 Å². The molecule has 0 saturated carbocycles. The molecular weight excluding hydrogens is 426 g/mol. The van der Waals surface area contributed by atoms with Gasteiger partial charge in [-0.3, -0.25) is 0 Å². The number of alkyl halides is 3. The lowest BCUT2D eigenvalue weighted by Gasteiger charge is -2.39. The van der Waals surface area contributed by atoms with E-state index in [1.165, 1.54) is 6.07 Å². The summed E-state index contributed by atoms with van der Waals surface area (Å²) in [5.74, 6) is 0.0950. The highest BCUT2D eigenvalue weighted by atomic mass is 19.4. The standard InChI is InChI=1S/C22H31BF3NO5/c1-19(2,3)30-18(28)27-11-14(12-27)13-29-17-9-15(22(24,25)26)8-16(10-17)23-31-20(4,5)21(6,7)32-23/h8-10,14H,11-13H2,1-7H3. The minimum Gasteiger partial charge on any atom is -0.493 e. The van der Waals surface area contributed by atoms with Crippen LogP contribution in [-0.4, -0.2) is 54.6 Å². The molecule has 1 amide bonds. The van der Waals surface area contributed by atoms with E-state index < -0.39 is 41.8 Å². The average Bonchev–Trinajstić information content (AvgIpc) is 2.78. The molecule has 2 aliphatic heterocycles. The molecule has 1 aromatic carbocycles. The predicted octanol–water partition coefficient (Wildman–Crippen LogP) is 4.25. The number of carbonyl (C=O) groups excluding carboxylic acids is 1. The maximum absolute atomic E-state index is 13.5. The number of benzene rings is 1. The van der Waals surface area contributed by atoms with E-state index in [0.717, 1.165) is 12.1 Å². The first-order valence-corrected chi connectivity index (χ1v) is 10.7. The molecular formula is C22H31BF3NO5. The summed E-state index contributed by atoms with van der Waals surface area (Å²) in [6.07, 6.45) is -4.95. The van der Waals surface area contributed by atoms with E-state index in [4.69, 9.17) is 18.8 Å². The molecule has 2 heterocycles. The molecule has 178 valence electrons. The van der Waals surface area contributed by atoms with Crippen molar-refractivity contribution < 1.29 is 36.7 Å². The number of amides is 1. The van der Waals surface area contributed by atoms with Crippen LogP contribution in [0.15, 0.2) is 18.2 Å². The molecule has 32 heavy (non-hydrogen) atoms. The Morgan fingerprint density at radius 1 is 1.09 bits per heavy atom. The third-order valence-electron chi connectivity index (χ3n) is 5.88. The lowest BCUT2D eigenvalue weighted by molar-refractivity contribution is -0.137. The molecule has 10 heteroatoms. The number of nitrogens with zero attached hydrogens (tertiary/aromatic N) is 1. The van der Waals surface area contributed by atoms with E-state index in [9.17, 15) is 18.0 Å². The zero-order chi connectivity index (χ0) is 24.1. The molecule has 0 unspecified atom stereocenters. The maximum atomic E-state index is 13.5. The molecule has 1 aromatic rings. The van der Waals surface area contributed by atoms with Crippen molar-refractivity contribution in [2.24, 2.45) is 5.92 Å². The average molecular weight is 457 g/mol. The van der Waals surface area contributed by atoms with Crippen LogP contribution >= 0.6 is 0 Å². The van der Waals surface area contributed by atoms with Gasteiger partial charge in [-0.25, -0.2) is 4.79 Å². The molecule has 0 N–H and O–H groups in total. The number of carbonyl (C=O) groups is 1. The van der Waals surface area contributed by atoms with Gasteiger partial charge in [-0.05, 0) is 72.1 Å². The Hall–Kier alpha value is -1.94. The topological polar surface area (TPSA) is 57.2 Å². The molecule has 0 radical (unpaired) electrons. The van der Waals surface area contributed by atoms with Crippen LogP contribution in [0.1, 0.15) is 54.0 Å². The van der Waals surface area contributed by atoms with Crippen LogP contribution in [0.25, 0.3) is 0 Å². The number of likely N-dealkylation sites (tertiary alicyclic amines) is 1. The molecule has 0 aliphatic carbocycles. The van der Waals surface area contributed by atoms with Crippen LogP contribution in [-0.2, 0) is 20.2 Å². The first-order chi connectivity index (χ1) is 14.5. The van der Waals surface area contributed by atoms with Crippen molar-refractivity contribution >= 4 is 18.7 Å². The smallest absolute Gasteiger partial charge is 0.493 e. The van der Waals surface area contributed by atoms with Gasteiger partial charge in [0.15, 0.2) is 0 Å². The van der Waals surface area contributed by atoms with Gasteiger partial charge in [0, 0.05) is 19.0 Å². The van der Waals surface area contributed by atoms with Crippen molar-refractivity contribution in [2.75, 3.05) is 19.7 Å². The third kappa shape index (κ3) is 5.51. The molecule has 6 nitrogen and oxygen atoms in total. The summed E-state index contributed by atoms with van der Waals surface area (Å²) in [7, 11) is -0.934. The fourth-order valence-electron chi connectivity index (χ4n) is 3.35. The van der Waals surface area contributed by atoms with Gasteiger partial charge in [-0.1, -0.05) is 0 Å². The quantitative estimate of drug-likeness (QED) is 0.633. The van der Waals surface area contributed by atoms with Gasteiger partial charge in [0.05, 0.1) is 23.4 Å². The van der Waals surface area contributed by atoms with Crippen molar-refractivity contribution in [3.63, 3.8) is 0 Å². The Balaban J connectivity index is 1.67. The lowest BCUT2D eigenvalue weighted by atomic mass is 9.78. The highest BCUT2D eigenvalue weighted by Crippen LogP contribution is 2.38. The summed E-state index contributed by atoms with van der Waals surface area (Å²) in [6.45, 7) is 13.8. The highest BCUT2D eigenvalue weighted by molar-refractivity contribution is 6.62. The highest BCUT2D eigenvalue weighted by Gasteiger charge is 2.52. The van der Waals surface area contributed by atoms with Crippen molar-refractivity contribution in [1.82, 2.24) is 4.90 Å². The molecule has 0 bridgehead atoms. The number of ether oxygens (including phenoxy) is 2. The SMILES string of the molecule is CC(C)(C)OC(=O)N1CC(COc2cc(B3OC(C)(C)C(C)(C)O3)cc(C(F)(F)F)c2)C1. The van der Waals surface area contributed by atoms with Gasteiger partial charge in [-0.2, -0.15) is 13.2 Å². The second-order valence-corrected chi connectivity index (χ2v) is 10.4. The first-order valence-electron chi connectivity index (χ1n) is 10.7. The molecule has 2 saturated heterocycles. The Morgan fingerprint density at radius 2 is 1.66 bits per heavy atom. The summed E-state index contributed by atoms with van der Waals surface area (Å²) in [5.41, 5.74) is -2.52. The molecule has 3 rings (SSSR count). The molecule has 0 aromatic heterocycles. The molecule has 2 aliphatic rings. The van der Waals surface area contributed by atoms with Gasteiger partial charge in [-0.15, -0.1) is 0 Å². The van der Waals surface area contributed by atoms with E-state index in [1.807, 2.05) is 27.7 Å². The van der Waals surface area contributed by atoms with E-state index in [0.29, 0.717) is 13.1 Å². The van der Waals surface area contributed by atoms with Crippen molar-refractivity contribution in [2.45, 2.75) is 71.4 Å². The second kappa shape index (κ2) is 8.13. The second-order valence-electron chi connectivity index (χ2n) is 10.4. The minimum atomic E-state index is -4.54. The fourth-order valence-corrected chi connectivity index (χ4v) is 3.35. The van der Waals surface area contributed by atoms with Gasteiger partial charge in [0.2, 0.25) is 0 Å². The number of hydrogen-bond donors (Lipinski definition) is 0. The zero-order valence-corrected chi connectivity index (χ0v) is 19.6. The van der Waals surface area contributed by atoms with Gasteiger partial charge in [0.25, 0.3) is 0 Å². The van der Waals surface area contributed by atoms with E-state index >= 15 is 0 Å². The van der Waals surface area contributed by atoms with Crippen molar-refractivity contribution in [3.05, 3.63) is 23.8 Å². The van der Waals surface area contributed by atoms with Gasteiger partial charge >= 0.3 is 19.4 Å². The van der Waals surface area contributed by atoms with Crippen LogP contribution in [0.4, 0.5) is 18.0 Å². The maximum Gasteiger partial charge on any atom is 0.494 e. The summed E-state index contributed by atoms with van der Waals surface area (Å²) >= 11 is 0.